The number of rotatable bonds is 8. The lowest BCUT2D eigenvalue weighted by atomic mass is 9.99. The van der Waals surface area contributed by atoms with E-state index in [-0.39, 0.29) is 33.8 Å². The predicted molar refractivity (Wildman–Crippen MR) is 158 cm³/mol. The van der Waals surface area contributed by atoms with Gasteiger partial charge in [-0.2, -0.15) is 0 Å². The number of carbonyl (C=O) groups excluding carboxylic acids is 2. The molecule has 5 rings (SSSR count). The van der Waals surface area contributed by atoms with Gasteiger partial charge in [-0.15, -0.1) is 0 Å². The molecule has 0 amide bonds. The first kappa shape index (κ1) is 31.8. The monoisotopic (exact) mass is 636 g/mol. The summed E-state index contributed by atoms with van der Waals surface area (Å²) in [5.74, 6) is -3.69. The maximum atomic E-state index is 13.7. The number of hydrogen-bond donors (Lipinski definition) is 6. The van der Waals surface area contributed by atoms with Gasteiger partial charge in [0.1, 0.15) is 52.8 Å². The van der Waals surface area contributed by atoms with Crippen molar-refractivity contribution < 1.29 is 63.6 Å². The Kier molecular flexibility index (Phi) is 9.13. The molecule has 240 valence electrons. The molecule has 1 fully saturated rings. The number of ether oxygens (including phenoxy) is 4. The molecule has 1 saturated heterocycles. The van der Waals surface area contributed by atoms with Gasteiger partial charge in [-0.3, -0.25) is 9.59 Å². The molecule has 0 unspecified atom stereocenters. The van der Waals surface area contributed by atoms with E-state index >= 15 is 0 Å². The third-order valence-electron chi connectivity index (χ3n) is 6.92. The normalized spacial score (nSPS) is 21.2. The van der Waals surface area contributed by atoms with E-state index in [2.05, 4.69) is 0 Å². The SMILES string of the molecule is CC(=O)O[C@@H]1[C@@H](O)[C@H](Oc2c(-c3ccc(O)cc3)oc3cc(O)cc(O)c3c2=O)O[C@H](COC(=O)C=Cc2ccc(O)cc2)[C@H]1O. The molecule has 0 radical (unpaired) electrons. The molecule has 0 spiro atoms. The largest absolute Gasteiger partial charge is 0.508 e. The second-order valence-corrected chi connectivity index (χ2v) is 10.2. The molecule has 1 aliphatic heterocycles. The van der Waals surface area contributed by atoms with Crippen molar-refractivity contribution in [2.75, 3.05) is 6.61 Å². The van der Waals surface area contributed by atoms with E-state index in [1.807, 2.05) is 0 Å². The van der Waals surface area contributed by atoms with Crippen LogP contribution in [0.3, 0.4) is 0 Å². The van der Waals surface area contributed by atoms with Crippen LogP contribution in [-0.2, 0) is 23.8 Å². The Hall–Kier alpha value is -5.57. The van der Waals surface area contributed by atoms with Crippen LogP contribution in [0.2, 0.25) is 0 Å². The van der Waals surface area contributed by atoms with Gasteiger partial charge in [-0.05, 0) is 48.0 Å². The Balaban J connectivity index is 1.47. The third-order valence-corrected chi connectivity index (χ3v) is 6.92. The standard InChI is InChI=1S/C32H28O14/c1-15(33)43-30-26(39)23(14-42-24(38)11-4-16-2-7-18(34)8-3-16)45-32(28(30)41)46-31-27(40)25-21(37)12-20(36)13-22(25)44-29(31)17-5-9-19(35)10-6-17/h2-13,23,26,28,30,32,34-37,39,41H,14H2,1H3/t23-,26-,28-,30+,32+/m1/s1. The molecular weight excluding hydrogens is 608 g/mol. The number of phenolic OH excluding ortho intramolecular Hbond substituents is 4. The molecule has 0 aliphatic carbocycles. The summed E-state index contributed by atoms with van der Waals surface area (Å²) in [6.07, 6.45) is -6.06. The molecule has 0 bridgehead atoms. The molecule has 1 aromatic heterocycles. The summed E-state index contributed by atoms with van der Waals surface area (Å²) < 4.78 is 27.7. The highest BCUT2D eigenvalue weighted by Crippen LogP contribution is 2.37. The summed E-state index contributed by atoms with van der Waals surface area (Å²) in [4.78, 5) is 37.9. The molecule has 3 aromatic carbocycles. The molecule has 46 heavy (non-hydrogen) atoms. The molecule has 4 aromatic rings. The first-order chi connectivity index (χ1) is 21.9. The van der Waals surface area contributed by atoms with E-state index in [0.29, 0.717) is 5.56 Å². The minimum absolute atomic E-state index is 0.0391. The van der Waals surface area contributed by atoms with E-state index in [1.165, 1.54) is 42.5 Å². The highest BCUT2D eigenvalue weighted by Gasteiger charge is 2.49. The van der Waals surface area contributed by atoms with Gasteiger partial charge >= 0.3 is 11.9 Å². The van der Waals surface area contributed by atoms with Crippen LogP contribution in [0.15, 0.2) is 76.0 Å². The minimum Gasteiger partial charge on any atom is -0.508 e. The summed E-state index contributed by atoms with van der Waals surface area (Å²) in [5.41, 5.74) is -0.394. The number of fused-ring (bicyclic) bond motifs is 1. The van der Waals surface area contributed by atoms with Crippen LogP contribution in [0, 0.1) is 0 Å². The van der Waals surface area contributed by atoms with Gasteiger partial charge in [-0.25, -0.2) is 4.79 Å². The first-order valence-corrected chi connectivity index (χ1v) is 13.7. The average molecular weight is 637 g/mol. The smallest absolute Gasteiger partial charge is 0.330 e. The van der Waals surface area contributed by atoms with E-state index in [4.69, 9.17) is 23.4 Å². The number of aromatic hydroxyl groups is 4. The van der Waals surface area contributed by atoms with Gasteiger partial charge in [0.05, 0.1) is 0 Å². The number of carbonyl (C=O) groups is 2. The Morgan fingerprint density at radius 2 is 1.54 bits per heavy atom. The highest BCUT2D eigenvalue weighted by atomic mass is 16.7. The number of aliphatic hydroxyl groups is 2. The van der Waals surface area contributed by atoms with Crippen molar-refractivity contribution in [2.45, 2.75) is 37.6 Å². The minimum atomic E-state index is -1.89. The Morgan fingerprint density at radius 1 is 0.891 bits per heavy atom. The second-order valence-electron chi connectivity index (χ2n) is 10.2. The van der Waals surface area contributed by atoms with Crippen LogP contribution < -0.4 is 10.2 Å². The fraction of sp³-hybridized carbons (Fsp3) is 0.219. The van der Waals surface area contributed by atoms with Crippen molar-refractivity contribution in [2.24, 2.45) is 0 Å². The predicted octanol–water partition coefficient (Wildman–Crippen LogP) is 2.30. The van der Waals surface area contributed by atoms with Crippen LogP contribution in [0.25, 0.3) is 28.4 Å². The van der Waals surface area contributed by atoms with Gasteiger partial charge in [0.15, 0.2) is 18.0 Å². The molecule has 14 nitrogen and oxygen atoms in total. The Labute approximate surface area is 259 Å². The zero-order chi connectivity index (χ0) is 33.1. The van der Waals surface area contributed by atoms with Crippen LogP contribution in [-0.4, -0.2) is 79.9 Å². The van der Waals surface area contributed by atoms with Gasteiger partial charge < -0.3 is 54.0 Å². The first-order valence-electron chi connectivity index (χ1n) is 13.7. The zero-order valence-corrected chi connectivity index (χ0v) is 24.0. The quantitative estimate of drug-likeness (QED) is 0.121. The van der Waals surface area contributed by atoms with Crippen molar-refractivity contribution in [1.82, 2.24) is 0 Å². The van der Waals surface area contributed by atoms with Crippen molar-refractivity contribution in [3.63, 3.8) is 0 Å². The topological polar surface area (TPSA) is 223 Å². The molecule has 14 heteroatoms. The highest BCUT2D eigenvalue weighted by molar-refractivity contribution is 5.88. The lowest BCUT2D eigenvalue weighted by molar-refractivity contribution is -0.282. The number of phenols is 4. The molecule has 1 aliphatic rings. The van der Waals surface area contributed by atoms with Gasteiger partial charge in [0.25, 0.3) is 0 Å². The third kappa shape index (κ3) is 6.89. The van der Waals surface area contributed by atoms with Gasteiger partial charge in [0.2, 0.25) is 17.5 Å². The van der Waals surface area contributed by atoms with Gasteiger partial charge in [-0.1, -0.05) is 12.1 Å². The maximum absolute atomic E-state index is 13.7. The lowest BCUT2D eigenvalue weighted by Gasteiger charge is -2.41. The molecule has 6 N–H and O–H groups in total. The van der Waals surface area contributed by atoms with Crippen LogP contribution in [0.4, 0.5) is 0 Å². The fourth-order valence-corrected chi connectivity index (χ4v) is 4.72. The number of esters is 2. The second kappa shape index (κ2) is 13.2. The summed E-state index contributed by atoms with van der Waals surface area (Å²) in [6, 6.07) is 13.3. The maximum Gasteiger partial charge on any atom is 0.330 e. The Bertz CT molecular complexity index is 1830. The van der Waals surface area contributed by atoms with Gasteiger partial charge in [0, 0.05) is 30.7 Å². The van der Waals surface area contributed by atoms with Crippen LogP contribution >= 0.6 is 0 Å². The molecule has 2 heterocycles. The summed E-state index contributed by atoms with van der Waals surface area (Å²) in [5, 5.41) is 61.1. The average Bonchev–Trinajstić information content (AvgIpc) is 3.00. The number of aliphatic hydroxyl groups excluding tert-OH is 2. The Morgan fingerprint density at radius 3 is 2.20 bits per heavy atom. The number of benzene rings is 3. The van der Waals surface area contributed by atoms with Crippen LogP contribution in [0.5, 0.6) is 28.7 Å². The van der Waals surface area contributed by atoms with E-state index in [0.717, 1.165) is 25.1 Å². The van der Waals surface area contributed by atoms with Crippen LogP contribution in [0.1, 0.15) is 12.5 Å². The summed E-state index contributed by atoms with van der Waals surface area (Å²) in [6.45, 7) is 0.425. The summed E-state index contributed by atoms with van der Waals surface area (Å²) >= 11 is 0. The zero-order valence-electron chi connectivity index (χ0n) is 24.0. The van der Waals surface area contributed by atoms with Crippen molar-refractivity contribution in [3.05, 3.63) is 82.5 Å². The molecular formula is C32H28O14. The van der Waals surface area contributed by atoms with E-state index in [9.17, 15) is 45.0 Å². The fourth-order valence-electron chi connectivity index (χ4n) is 4.72. The van der Waals surface area contributed by atoms with Crippen molar-refractivity contribution in [3.8, 4) is 40.1 Å². The van der Waals surface area contributed by atoms with Crippen molar-refractivity contribution in [1.29, 1.82) is 0 Å². The van der Waals surface area contributed by atoms with E-state index in [1.54, 1.807) is 12.1 Å². The lowest BCUT2D eigenvalue weighted by Crippen LogP contribution is -2.61. The number of hydrogen-bond acceptors (Lipinski definition) is 14. The summed E-state index contributed by atoms with van der Waals surface area (Å²) in [7, 11) is 0. The molecule has 5 atom stereocenters. The molecule has 0 saturated carbocycles. The van der Waals surface area contributed by atoms with E-state index < -0.39 is 71.9 Å². The van der Waals surface area contributed by atoms with Crippen molar-refractivity contribution >= 4 is 29.0 Å².